The zero-order valence-corrected chi connectivity index (χ0v) is 36.7. The van der Waals surface area contributed by atoms with Crippen LogP contribution in [0.25, 0.3) is 0 Å². The molecule has 0 spiro atoms. The van der Waals surface area contributed by atoms with E-state index in [1.54, 1.807) is 0 Å². The van der Waals surface area contributed by atoms with E-state index in [9.17, 15) is 14.4 Å². The lowest BCUT2D eigenvalue weighted by Gasteiger charge is -2.18. The average molecular weight is 770 g/mol. The molecule has 8 heteroatoms. The Labute approximate surface area is 333 Å². The van der Waals surface area contributed by atoms with Crippen LogP contribution in [-0.4, -0.2) is 73.8 Å². The van der Waals surface area contributed by atoms with Gasteiger partial charge in [-0.25, -0.2) is 0 Å². The summed E-state index contributed by atoms with van der Waals surface area (Å²) in [6.45, 7) is 10.2. The molecule has 0 amide bonds. The van der Waals surface area contributed by atoms with E-state index in [1.165, 1.54) is 32.1 Å². The van der Waals surface area contributed by atoms with Gasteiger partial charge in [0.1, 0.15) is 12.2 Å². The summed E-state index contributed by atoms with van der Waals surface area (Å²) in [6, 6.07) is 0. The zero-order chi connectivity index (χ0) is 39.2. The van der Waals surface area contributed by atoms with Crippen molar-refractivity contribution < 1.29 is 28.6 Å². The van der Waals surface area contributed by atoms with Gasteiger partial charge < -0.3 is 19.1 Å². The third kappa shape index (κ3) is 34.9. The Hall–Kier alpha value is -1.28. The average Bonchev–Trinajstić information content (AvgIpc) is 3.14. The molecule has 1 unspecified atom stereocenters. The maximum Gasteiger partial charge on any atom is 0.309 e. The Balaban J connectivity index is 3.98. The Morgan fingerprint density at radius 1 is 0.509 bits per heavy atom. The molecule has 0 fully saturated rings. The molecule has 0 aromatic carbocycles. The molecule has 0 aliphatic carbocycles. The van der Waals surface area contributed by atoms with E-state index in [0.717, 1.165) is 159 Å². The molecule has 1 atom stereocenters. The van der Waals surface area contributed by atoms with Crippen LogP contribution in [0.3, 0.4) is 0 Å². The second-order valence-electron chi connectivity index (χ2n) is 15.8. The van der Waals surface area contributed by atoms with Gasteiger partial charge in [0.15, 0.2) is 0 Å². The first-order valence-corrected chi connectivity index (χ1v) is 23.7. The Morgan fingerprint density at radius 3 is 1.32 bits per heavy atom. The number of carbonyl (C=O) groups is 3. The van der Waals surface area contributed by atoms with E-state index in [4.69, 9.17) is 14.2 Å². The minimum atomic E-state index is -0.0390. The van der Waals surface area contributed by atoms with Crippen LogP contribution in [0, 0.1) is 5.92 Å². The van der Waals surface area contributed by atoms with Crippen molar-refractivity contribution >= 4 is 29.7 Å². The Kier molecular flexibility index (Phi) is 38.0. The maximum absolute atomic E-state index is 12.9. The van der Waals surface area contributed by atoms with Crippen molar-refractivity contribution in [3.05, 3.63) is 0 Å². The van der Waals surface area contributed by atoms with Gasteiger partial charge >= 0.3 is 17.9 Å². The molecule has 0 bridgehead atoms. The minimum absolute atomic E-state index is 0.00433. The Bertz CT molecular complexity index is 824. The number of thioether (sulfide) groups is 1. The molecule has 53 heavy (non-hydrogen) atoms. The quantitative estimate of drug-likeness (QED) is 0.0346. The fourth-order valence-electron chi connectivity index (χ4n) is 6.55. The SMILES string of the molecule is CCCCC(CCCC)OC(=O)CCCCCCCCCOC(=O)C(CCN(C)C)CSCCCCCCCCCC(=O)OC(CCCC)CCCC. The number of carbonyl (C=O) groups excluding carboxylic acids is 3. The van der Waals surface area contributed by atoms with Crippen LogP contribution in [0.5, 0.6) is 0 Å². The van der Waals surface area contributed by atoms with Gasteiger partial charge in [0, 0.05) is 18.6 Å². The molecular weight excluding hydrogens is 683 g/mol. The molecule has 0 aliphatic heterocycles. The van der Waals surface area contributed by atoms with E-state index in [-0.39, 0.29) is 36.0 Å². The topological polar surface area (TPSA) is 82.1 Å². The van der Waals surface area contributed by atoms with Gasteiger partial charge in [0.05, 0.1) is 12.5 Å². The third-order valence-corrected chi connectivity index (χ3v) is 11.3. The highest BCUT2D eigenvalue weighted by Crippen LogP contribution is 2.20. The summed E-state index contributed by atoms with van der Waals surface area (Å²) in [6.07, 6.45) is 30.8. The molecule has 0 heterocycles. The third-order valence-electron chi connectivity index (χ3n) is 10.1. The van der Waals surface area contributed by atoms with E-state index in [2.05, 4.69) is 46.7 Å². The van der Waals surface area contributed by atoms with Crippen LogP contribution in [0.2, 0.25) is 0 Å². The van der Waals surface area contributed by atoms with Crippen LogP contribution < -0.4 is 0 Å². The number of nitrogens with zero attached hydrogens (tertiary/aromatic N) is 1. The van der Waals surface area contributed by atoms with Crippen LogP contribution in [0.4, 0.5) is 0 Å². The number of esters is 3. The zero-order valence-electron chi connectivity index (χ0n) is 35.9. The lowest BCUT2D eigenvalue weighted by Crippen LogP contribution is -2.25. The van der Waals surface area contributed by atoms with Crippen molar-refractivity contribution in [1.29, 1.82) is 0 Å². The predicted octanol–water partition coefficient (Wildman–Crippen LogP) is 12.7. The minimum Gasteiger partial charge on any atom is -0.465 e. The van der Waals surface area contributed by atoms with Crippen molar-refractivity contribution in [2.24, 2.45) is 5.92 Å². The monoisotopic (exact) mass is 770 g/mol. The lowest BCUT2D eigenvalue weighted by molar-refractivity contribution is -0.151. The van der Waals surface area contributed by atoms with Crippen molar-refractivity contribution in [3.63, 3.8) is 0 Å². The molecule has 0 saturated carbocycles. The molecule has 0 N–H and O–H groups in total. The van der Waals surface area contributed by atoms with Crippen molar-refractivity contribution in [1.82, 2.24) is 4.90 Å². The van der Waals surface area contributed by atoms with E-state index < -0.39 is 0 Å². The van der Waals surface area contributed by atoms with Crippen LogP contribution in [0.15, 0.2) is 0 Å². The van der Waals surface area contributed by atoms with Crippen molar-refractivity contribution in [2.75, 3.05) is 38.8 Å². The second kappa shape index (κ2) is 39.0. The summed E-state index contributed by atoms with van der Waals surface area (Å²) in [5.41, 5.74) is 0. The normalized spacial score (nSPS) is 12.2. The standard InChI is InChI=1S/C45H87NO6S/c1-7-11-29-41(30-12-8-2)51-43(47)33-25-21-17-15-19-23-27-37-50-45(49)40(35-36-46(5)6)39-53-38-28-24-20-16-18-22-26-34-44(48)52-42(31-13-9-3)32-14-10-4/h40-42H,7-39H2,1-6H3. The molecule has 0 aliphatic rings. The number of unbranched alkanes of at least 4 members (excludes halogenated alkanes) is 16. The van der Waals surface area contributed by atoms with Gasteiger partial charge in [-0.05, 0) is 84.2 Å². The summed E-state index contributed by atoms with van der Waals surface area (Å²) in [5.74, 6) is 1.84. The Morgan fingerprint density at radius 2 is 0.906 bits per heavy atom. The van der Waals surface area contributed by atoms with Crippen molar-refractivity contribution in [2.45, 2.75) is 226 Å². The number of hydrogen-bond acceptors (Lipinski definition) is 8. The van der Waals surface area contributed by atoms with Gasteiger partial charge in [0.25, 0.3) is 0 Å². The summed E-state index contributed by atoms with van der Waals surface area (Å²) in [5, 5.41) is 0. The van der Waals surface area contributed by atoms with E-state index in [1.807, 2.05) is 11.8 Å². The first-order chi connectivity index (χ1) is 25.8. The molecular formula is C45H87NO6S. The molecule has 0 saturated heterocycles. The highest BCUT2D eigenvalue weighted by Gasteiger charge is 2.20. The fourth-order valence-corrected chi connectivity index (χ4v) is 7.72. The molecule has 7 nitrogen and oxygen atoms in total. The fraction of sp³-hybridized carbons (Fsp3) is 0.933. The van der Waals surface area contributed by atoms with Gasteiger partial charge in [0.2, 0.25) is 0 Å². The predicted molar refractivity (Wildman–Crippen MR) is 227 cm³/mol. The maximum atomic E-state index is 12.9. The van der Waals surface area contributed by atoms with E-state index in [0.29, 0.717) is 19.4 Å². The first-order valence-electron chi connectivity index (χ1n) is 22.5. The van der Waals surface area contributed by atoms with Crippen molar-refractivity contribution in [3.8, 4) is 0 Å². The second-order valence-corrected chi connectivity index (χ2v) is 16.9. The summed E-state index contributed by atoms with van der Waals surface area (Å²) in [7, 11) is 4.12. The molecule has 0 radical (unpaired) electrons. The lowest BCUT2D eigenvalue weighted by atomic mass is 10.1. The molecule has 314 valence electrons. The summed E-state index contributed by atoms with van der Waals surface area (Å²) < 4.78 is 17.3. The summed E-state index contributed by atoms with van der Waals surface area (Å²) >= 11 is 1.90. The molecule has 0 rings (SSSR count). The summed E-state index contributed by atoms with van der Waals surface area (Å²) in [4.78, 5) is 39.7. The largest absolute Gasteiger partial charge is 0.465 e. The molecule has 0 aromatic rings. The van der Waals surface area contributed by atoms with Gasteiger partial charge in [-0.15, -0.1) is 0 Å². The van der Waals surface area contributed by atoms with Gasteiger partial charge in [-0.1, -0.05) is 143 Å². The smallest absolute Gasteiger partial charge is 0.309 e. The number of rotatable bonds is 40. The highest BCUT2D eigenvalue weighted by atomic mass is 32.2. The number of ether oxygens (including phenoxy) is 3. The van der Waals surface area contributed by atoms with Gasteiger partial charge in [-0.2, -0.15) is 11.8 Å². The number of hydrogen-bond donors (Lipinski definition) is 0. The van der Waals surface area contributed by atoms with Gasteiger partial charge in [-0.3, -0.25) is 14.4 Å². The van der Waals surface area contributed by atoms with Crippen LogP contribution in [0.1, 0.15) is 214 Å². The van der Waals surface area contributed by atoms with Crippen LogP contribution >= 0.6 is 11.8 Å². The first kappa shape index (κ1) is 51.7. The van der Waals surface area contributed by atoms with Crippen LogP contribution in [-0.2, 0) is 28.6 Å². The highest BCUT2D eigenvalue weighted by molar-refractivity contribution is 7.99. The molecule has 0 aromatic heterocycles. The van der Waals surface area contributed by atoms with E-state index >= 15 is 0 Å².